The number of hydroxylamine groups is 1. The molecule has 0 fully saturated rings. The normalized spacial score (nSPS) is 15.9. The summed E-state index contributed by atoms with van der Waals surface area (Å²) in [5.41, 5.74) is 3.06. The van der Waals surface area contributed by atoms with Gasteiger partial charge in [0, 0.05) is 0 Å². The molecule has 3 aromatic carbocycles. The molecule has 1 atom stereocenters. The van der Waals surface area contributed by atoms with Crippen molar-refractivity contribution in [3.8, 4) is 0 Å². The molecular formula is C22H19N2O3S-. The smallest absolute Gasteiger partial charge is 0.261 e. The molecule has 1 N–H and O–H groups in total. The molecule has 1 aliphatic heterocycles. The maximum absolute atomic E-state index is 13.1. The van der Waals surface area contributed by atoms with E-state index in [1.807, 2.05) is 49.4 Å². The van der Waals surface area contributed by atoms with Gasteiger partial charge in [-0.3, -0.25) is 4.72 Å². The van der Waals surface area contributed by atoms with Crippen molar-refractivity contribution >= 4 is 27.5 Å². The van der Waals surface area contributed by atoms with E-state index < -0.39 is 16.1 Å². The number of rotatable bonds is 4. The summed E-state index contributed by atoms with van der Waals surface area (Å²) in [6.07, 6.45) is 3.67. The zero-order valence-corrected chi connectivity index (χ0v) is 16.1. The van der Waals surface area contributed by atoms with Gasteiger partial charge in [-0.25, -0.2) is 8.42 Å². The molecule has 0 saturated heterocycles. The summed E-state index contributed by atoms with van der Waals surface area (Å²) in [7, 11) is -3.81. The quantitative estimate of drug-likeness (QED) is 0.689. The molecule has 1 unspecified atom stereocenters. The average Bonchev–Trinajstić information content (AvgIpc) is 2.69. The van der Waals surface area contributed by atoms with Crippen LogP contribution < -0.4 is 9.79 Å². The molecule has 0 aromatic heterocycles. The van der Waals surface area contributed by atoms with Gasteiger partial charge in [0.05, 0.1) is 22.3 Å². The Labute approximate surface area is 164 Å². The Kier molecular flexibility index (Phi) is 4.66. The van der Waals surface area contributed by atoms with Gasteiger partial charge in [0.25, 0.3) is 10.0 Å². The van der Waals surface area contributed by atoms with Crippen molar-refractivity contribution in [1.82, 2.24) is 0 Å². The van der Waals surface area contributed by atoms with Gasteiger partial charge in [0.2, 0.25) is 0 Å². The number of anilines is 2. The van der Waals surface area contributed by atoms with Crippen molar-refractivity contribution in [2.45, 2.75) is 17.9 Å². The van der Waals surface area contributed by atoms with Crippen LogP contribution in [0.5, 0.6) is 0 Å². The lowest BCUT2D eigenvalue weighted by Gasteiger charge is -2.42. The minimum atomic E-state index is -3.81. The fourth-order valence-corrected chi connectivity index (χ4v) is 4.32. The Morgan fingerprint density at radius 3 is 2.36 bits per heavy atom. The molecule has 0 spiro atoms. The van der Waals surface area contributed by atoms with Gasteiger partial charge in [0.1, 0.15) is 0 Å². The summed E-state index contributed by atoms with van der Waals surface area (Å²) in [5.74, 6) is 0. The van der Waals surface area contributed by atoms with Crippen molar-refractivity contribution in [2.24, 2.45) is 0 Å². The second-order valence-electron chi connectivity index (χ2n) is 6.70. The van der Waals surface area contributed by atoms with Crippen LogP contribution in [-0.4, -0.2) is 8.42 Å². The number of nitrogens with zero attached hydrogens (tertiary/aromatic N) is 1. The zero-order valence-electron chi connectivity index (χ0n) is 15.2. The maximum Gasteiger partial charge on any atom is 0.261 e. The Morgan fingerprint density at radius 1 is 0.929 bits per heavy atom. The molecule has 6 heteroatoms. The summed E-state index contributed by atoms with van der Waals surface area (Å²) in [6, 6.07) is 20.6. The fourth-order valence-electron chi connectivity index (χ4n) is 3.25. The number of benzene rings is 3. The van der Waals surface area contributed by atoms with E-state index in [1.54, 1.807) is 42.5 Å². The molecule has 0 aliphatic carbocycles. The largest absolute Gasteiger partial charge is 0.758 e. The number of para-hydroxylation sites is 1. The summed E-state index contributed by atoms with van der Waals surface area (Å²) in [6.45, 7) is 1.89. The molecule has 0 bridgehead atoms. The molecular weight excluding hydrogens is 372 g/mol. The molecule has 0 saturated carbocycles. The van der Waals surface area contributed by atoms with E-state index in [-0.39, 0.29) is 10.6 Å². The highest BCUT2D eigenvalue weighted by molar-refractivity contribution is 7.92. The summed E-state index contributed by atoms with van der Waals surface area (Å²) in [4.78, 5) is 0.152. The van der Waals surface area contributed by atoms with Crippen molar-refractivity contribution in [1.29, 1.82) is 0 Å². The van der Waals surface area contributed by atoms with Crippen LogP contribution in [0.15, 0.2) is 83.8 Å². The molecule has 3 aromatic rings. The van der Waals surface area contributed by atoms with E-state index in [0.29, 0.717) is 11.3 Å². The predicted octanol–water partition coefficient (Wildman–Crippen LogP) is 4.87. The maximum atomic E-state index is 13.1. The van der Waals surface area contributed by atoms with Gasteiger partial charge in [-0.15, -0.1) is 0 Å². The van der Waals surface area contributed by atoms with Crippen molar-refractivity contribution < 1.29 is 8.42 Å². The molecule has 142 valence electrons. The lowest BCUT2D eigenvalue weighted by atomic mass is 9.99. The highest BCUT2D eigenvalue weighted by atomic mass is 32.2. The Bertz CT molecular complexity index is 1120. The van der Waals surface area contributed by atoms with Crippen LogP contribution in [0.1, 0.15) is 22.7 Å². The third-order valence-corrected chi connectivity index (χ3v) is 6.10. The first-order chi connectivity index (χ1) is 13.5. The second kappa shape index (κ2) is 7.14. The van der Waals surface area contributed by atoms with Gasteiger partial charge in [0.15, 0.2) is 0 Å². The molecule has 28 heavy (non-hydrogen) atoms. The van der Waals surface area contributed by atoms with Crippen molar-refractivity contribution in [3.63, 3.8) is 0 Å². The number of aryl methyl sites for hydroxylation is 1. The van der Waals surface area contributed by atoms with Crippen LogP contribution in [0, 0.1) is 12.1 Å². The van der Waals surface area contributed by atoms with Gasteiger partial charge < -0.3 is 10.3 Å². The Morgan fingerprint density at radius 2 is 1.64 bits per heavy atom. The topological polar surface area (TPSA) is 72.5 Å². The minimum Gasteiger partial charge on any atom is -0.758 e. The lowest BCUT2D eigenvalue weighted by Crippen LogP contribution is -2.25. The third-order valence-electron chi connectivity index (χ3n) is 4.72. The van der Waals surface area contributed by atoms with Crippen LogP contribution in [0.3, 0.4) is 0 Å². The fraction of sp³-hybridized carbons (Fsp3) is 0.0909. The molecule has 5 nitrogen and oxygen atoms in total. The first kappa shape index (κ1) is 18.3. The number of hydrogen-bond donors (Lipinski definition) is 1. The van der Waals surface area contributed by atoms with Gasteiger partial charge in [-0.1, -0.05) is 72.3 Å². The first-order valence-electron chi connectivity index (χ1n) is 8.88. The SMILES string of the molecule is Cc1ccc(S(=O)(=O)Nc2cccc3c2N([O-])C(c2ccccc2)C=C3)cc1. The Balaban J connectivity index is 1.72. The molecule has 1 aliphatic rings. The van der Waals surface area contributed by atoms with E-state index in [9.17, 15) is 13.6 Å². The van der Waals surface area contributed by atoms with Crippen molar-refractivity contribution in [2.75, 3.05) is 9.79 Å². The van der Waals surface area contributed by atoms with Crippen molar-refractivity contribution in [3.05, 3.63) is 101 Å². The predicted molar refractivity (Wildman–Crippen MR) is 112 cm³/mol. The van der Waals surface area contributed by atoms with Crippen LogP contribution in [-0.2, 0) is 10.0 Å². The standard InChI is InChI=1S/C22H19N2O3S/c1-16-10-13-19(14-11-16)28(26,27)23-20-9-5-8-18-12-15-21(24(25)22(18)20)17-6-3-2-4-7-17/h2-15,21,23H,1H3/q-1. The number of fused-ring (bicyclic) bond motifs is 1. The monoisotopic (exact) mass is 391 g/mol. The first-order valence-corrected chi connectivity index (χ1v) is 10.4. The highest BCUT2D eigenvalue weighted by Crippen LogP contribution is 2.41. The van der Waals surface area contributed by atoms with E-state index in [2.05, 4.69) is 4.72 Å². The van der Waals surface area contributed by atoms with E-state index in [1.165, 1.54) is 0 Å². The minimum absolute atomic E-state index is 0.152. The van der Waals surface area contributed by atoms with Crippen LogP contribution >= 0.6 is 0 Å². The summed E-state index contributed by atoms with van der Waals surface area (Å²) >= 11 is 0. The van der Waals surface area contributed by atoms with E-state index in [4.69, 9.17) is 0 Å². The molecule has 1 heterocycles. The number of nitrogens with one attached hydrogen (secondary N) is 1. The van der Waals surface area contributed by atoms with Gasteiger partial charge >= 0.3 is 0 Å². The van der Waals surface area contributed by atoms with Gasteiger partial charge in [-0.2, -0.15) is 0 Å². The Hall–Kier alpha value is -3.09. The van der Waals surface area contributed by atoms with Gasteiger partial charge in [-0.05, 0) is 36.2 Å². The molecule has 4 rings (SSSR count). The van der Waals surface area contributed by atoms with Crippen LogP contribution in [0.25, 0.3) is 6.08 Å². The number of sulfonamides is 1. The number of hydrogen-bond acceptors (Lipinski definition) is 4. The lowest BCUT2D eigenvalue weighted by molar-refractivity contribution is 0.601. The molecule has 0 radical (unpaired) electrons. The van der Waals surface area contributed by atoms with Crippen LogP contribution in [0.2, 0.25) is 0 Å². The van der Waals surface area contributed by atoms with E-state index in [0.717, 1.165) is 16.2 Å². The van der Waals surface area contributed by atoms with E-state index >= 15 is 0 Å². The zero-order chi connectivity index (χ0) is 19.7. The second-order valence-corrected chi connectivity index (χ2v) is 8.38. The highest BCUT2D eigenvalue weighted by Gasteiger charge is 2.23. The summed E-state index contributed by atoms with van der Waals surface area (Å²) < 4.78 is 28.2. The molecule has 0 amide bonds. The average molecular weight is 391 g/mol. The van der Waals surface area contributed by atoms with Crippen LogP contribution in [0.4, 0.5) is 11.4 Å². The third kappa shape index (κ3) is 3.40. The summed E-state index contributed by atoms with van der Waals surface area (Å²) in [5, 5.41) is 14.0.